The topological polar surface area (TPSA) is 76.4 Å². The molecule has 0 aliphatic heterocycles. The van der Waals surface area contributed by atoms with E-state index in [9.17, 15) is 0 Å². The highest BCUT2D eigenvalue weighted by atomic mass is 35.5. The van der Waals surface area contributed by atoms with E-state index in [0.29, 0.717) is 24.1 Å². The summed E-state index contributed by atoms with van der Waals surface area (Å²) in [5, 5.41) is 11.7. The number of aliphatic imine (C=N–C) groups is 1. The average Bonchev–Trinajstić information content (AvgIpc) is 3.08. The number of guanidine groups is 1. The van der Waals surface area contributed by atoms with Crippen LogP contribution in [0.1, 0.15) is 23.9 Å². The summed E-state index contributed by atoms with van der Waals surface area (Å²) in [4.78, 5) is 8.78. The number of rotatable bonds is 7. The third-order valence-corrected chi connectivity index (χ3v) is 4.68. The predicted octanol–water partition coefficient (Wildman–Crippen LogP) is 3.67. The quantitative estimate of drug-likeness (QED) is 0.445. The first-order valence-electron chi connectivity index (χ1n) is 9.80. The lowest BCUT2D eigenvalue weighted by Gasteiger charge is -2.18. The third-order valence-electron chi connectivity index (χ3n) is 4.43. The zero-order valence-corrected chi connectivity index (χ0v) is 18.4. The van der Waals surface area contributed by atoms with E-state index in [1.165, 1.54) is 0 Å². The second-order valence-electron chi connectivity index (χ2n) is 7.05. The monoisotopic (exact) mass is 426 g/mol. The molecule has 158 valence electrons. The average molecular weight is 427 g/mol. The van der Waals surface area contributed by atoms with Crippen molar-refractivity contribution in [3.63, 3.8) is 0 Å². The van der Waals surface area contributed by atoms with Crippen molar-refractivity contribution >= 4 is 17.6 Å². The second-order valence-corrected chi connectivity index (χ2v) is 7.49. The Labute approximate surface area is 182 Å². The normalized spacial score (nSPS) is 12.5. The number of nitrogens with one attached hydrogen (secondary N) is 2. The van der Waals surface area contributed by atoms with Crippen LogP contribution in [0, 0.1) is 13.8 Å². The summed E-state index contributed by atoms with van der Waals surface area (Å²) < 4.78 is 7.71. The van der Waals surface area contributed by atoms with E-state index < -0.39 is 0 Å². The third kappa shape index (κ3) is 5.97. The van der Waals surface area contributed by atoms with Crippen molar-refractivity contribution in [2.75, 3.05) is 13.6 Å². The van der Waals surface area contributed by atoms with Crippen LogP contribution in [0.25, 0.3) is 5.82 Å². The first-order valence-corrected chi connectivity index (χ1v) is 10.2. The Bertz CT molecular complexity index is 982. The zero-order valence-electron chi connectivity index (χ0n) is 17.7. The molecule has 0 spiro atoms. The number of benzene rings is 1. The van der Waals surface area contributed by atoms with Gasteiger partial charge in [0.2, 0.25) is 0 Å². The summed E-state index contributed by atoms with van der Waals surface area (Å²) >= 11 is 5.90. The van der Waals surface area contributed by atoms with E-state index in [1.54, 1.807) is 7.05 Å². The summed E-state index contributed by atoms with van der Waals surface area (Å²) in [5.41, 5.74) is 3.09. The summed E-state index contributed by atoms with van der Waals surface area (Å²) in [7, 11) is 1.74. The minimum absolute atomic E-state index is 0.0357. The highest BCUT2D eigenvalue weighted by molar-refractivity contribution is 6.30. The van der Waals surface area contributed by atoms with Crippen LogP contribution < -0.4 is 15.4 Å². The lowest BCUT2D eigenvalue weighted by Crippen LogP contribution is -2.41. The van der Waals surface area contributed by atoms with Gasteiger partial charge in [0.25, 0.3) is 0 Å². The molecule has 2 N–H and O–H groups in total. The maximum atomic E-state index is 5.90. The Kier molecular flexibility index (Phi) is 7.30. The number of aromatic nitrogens is 3. The first kappa shape index (κ1) is 21.6. The van der Waals surface area contributed by atoms with E-state index in [0.717, 1.165) is 28.5 Å². The largest absolute Gasteiger partial charge is 0.489 e. The zero-order chi connectivity index (χ0) is 21.5. The molecule has 0 saturated heterocycles. The van der Waals surface area contributed by atoms with Gasteiger partial charge < -0.3 is 15.4 Å². The molecular formula is C22H27ClN6O. The second kappa shape index (κ2) is 10.1. The molecule has 1 unspecified atom stereocenters. The van der Waals surface area contributed by atoms with Crippen LogP contribution in [0.3, 0.4) is 0 Å². The van der Waals surface area contributed by atoms with Crippen molar-refractivity contribution < 1.29 is 4.74 Å². The fraction of sp³-hybridized carbons (Fsp3) is 0.318. The number of pyridine rings is 1. The molecule has 0 saturated carbocycles. The van der Waals surface area contributed by atoms with E-state index >= 15 is 0 Å². The summed E-state index contributed by atoms with van der Waals surface area (Å²) in [6.07, 6.45) is 1.81. The Morgan fingerprint density at radius 1 is 1.17 bits per heavy atom. The van der Waals surface area contributed by atoms with Gasteiger partial charge in [-0.1, -0.05) is 17.7 Å². The van der Waals surface area contributed by atoms with Crippen LogP contribution >= 0.6 is 11.6 Å². The summed E-state index contributed by atoms with van der Waals surface area (Å²) in [6.45, 7) is 7.20. The van der Waals surface area contributed by atoms with Crippen molar-refractivity contribution in [2.45, 2.75) is 33.4 Å². The van der Waals surface area contributed by atoms with Gasteiger partial charge in [0.1, 0.15) is 11.9 Å². The number of hydrogen-bond donors (Lipinski definition) is 2. The SMILES string of the molecule is CN=C(NCc1ccc(-n2nc(C)cc2C)nc1)NCC(C)Oc1ccc(Cl)cc1. The highest BCUT2D eigenvalue weighted by Crippen LogP contribution is 2.16. The van der Waals surface area contributed by atoms with Crippen molar-refractivity contribution in [1.82, 2.24) is 25.4 Å². The Hall–Kier alpha value is -3.06. The fourth-order valence-electron chi connectivity index (χ4n) is 2.94. The minimum atomic E-state index is -0.0357. The molecule has 0 amide bonds. The minimum Gasteiger partial charge on any atom is -0.489 e. The van der Waals surface area contributed by atoms with E-state index in [-0.39, 0.29) is 6.10 Å². The first-order chi connectivity index (χ1) is 14.4. The van der Waals surface area contributed by atoms with Gasteiger partial charge in [-0.05, 0) is 62.7 Å². The van der Waals surface area contributed by atoms with Crippen molar-refractivity contribution in [3.8, 4) is 11.6 Å². The van der Waals surface area contributed by atoms with Crippen LogP contribution in [0.2, 0.25) is 5.02 Å². The lowest BCUT2D eigenvalue weighted by molar-refractivity contribution is 0.224. The summed E-state index contributed by atoms with van der Waals surface area (Å²) in [6, 6.07) is 13.4. The van der Waals surface area contributed by atoms with Crippen LogP contribution in [0.15, 0.2) is 53.7 Å². The molecule has 0 fully saturated rings. The number of aryl methyl sites for hydroxylation is 2. The highest BCUT2D eigenvalue weighted by Gasteiger charge is 2.07. The number of hydrogen-bond acceptors (Lipinski definition) is 4. The Balaban J connectivity index is 1.48. The summed E-state index contributed by atoms with van der Waals surface area (Å²) in [5.74, 6) is 2.29. The number of ether oxygens (including phenoxy) is 1. The number of nitrogens with zero attached hydrogens (tertiary/aromatic N) is 4. The molecule has 8 heteroatoms. The maximum Gasteiger partial charge on any atom is 0.191 e. The molecule has 30 heavy (non-hydrogen) atoms. The van der Waals surface area contributed by atoms with Gasteiger partial charge >= 0.3 is 0 Å². The van der Waals surface area contributed by atoms with Gasteiger partial charge in [-0.15, -0.1) is 0 Å². The van der Waals surface area contributed by atoms with Gasteiger partial charge in [0, 0.05) is 30.5 Å². The fourth-order valence-corrected chi connectivity index (χ4v) is 3.07. The standard InChI is InChI=1S/C22H27ClN6O/c1-15-11-16(2)29(28-15)21-10-5-18(13-25-21)14-27-22(24-4)26-12-17(3)30-20-8-6-19(23)7-9-20/h5-11,13,17H,12,14H2,1-4H3,(H2,24,26,27). The van der Waals surface area contributed by atoms with Gasteiger partial charge in [0.15, 0.2) is 11.8 Å². The molecular weight excluding hydrogens is 400 g/mol. The molecule has 0 radical (unpaired) electrons. The molecule has 3 aromatic rings. The van der Waals surface area contributed by atoms with Crippen molar-refractivity contribution in [1.29, 1.82) is 0 Å². The van der Waals surface area contributed by atoms with E-state index in [4.69, 9.17) is 16.3 Å². The van der Waals surface area contributed by atoms with Gasteiger partial charge in [0.05, 0.1) is 12.2 Å². The van der Waals surface area contributed by atoms with Crippen molar-refractivity contribution in [3.05, 3.63) is 70.6 Å². The molecule has 3 rings (SSSR count). The van der Waals surface area contributed by atoms with Crippen molar-refractivity contribution in [2.24, 2.45) is 4.99 Å². The molecule has 0 aliphatic rings. The molecule has 2 heterocycles. The molecule has 1 atom stereocenters. The Morgan fingerprint density at radius 2 is 1.93 bits per heavy atom. The van der Waals surface area contributed by atoms with Crippen LogP contribution in [-0.4, -0.2) is 40.4 Å². The smallest absolute Gasteiger partial charge is 0.191 e. The van der Waals surface area contributed by atoms with Gasteiger partial charge in [-0.3, -0.25) is 4.99 Å². The number of halogens is 1. The van der Waals surface area contributed by atoms with Gasteiger partial charge in [-0.25, -0.2) is 9.67 Å². The van der Waals surface area contributed by atoms with Crippen LogP contribution in [0.5, 0.6) is 5.75 Å². The predicted molar refractivity (Wildman–Crippen MR) is 121 cm³/mol. The lowest BCUT2D eigenvalue weighted by atomic mass is 10.3. The molecule has 0 aliphatic carbocycles. The van der Waals surface area contributed by atoms with Crippen LogP contribution in [-0.2, 0) is 6.54 Å². The molecule has 1 aromatic carbocycles. The molecule has 7 nitrogen and oxygen atoms in total. The van der Waals surface area contributed by atoms with E-state index in [2.05, 4.69) is 25.7 Å². The van der Waals surface area contributed by atoms with Gasteiger partial charge in [-0.2, -0.15) is 5.10 Å². The molecule has 2 aromatic heterocycles. The Morgan fingerprint density at radius 3 is 2.53 bits per heavy atom. The molecule has 0 bridgehead atoms. The maximum absolute atomic E-state index is 5.90. The van der Waals surface area contributed by atoms with E-state index in [1.807, 2.05) is 74.1 Å². The van der Waals surface area contributed by atoms with Crippen LogP contribution in [0.4, 0.5) is 0 Å².